The number of nitrogens with one attached hydrogen (secondary N) is 2. The minimum Gasteiger partial charge on any atom is -0.480 e. The Balaban J connectivity index is 1.25. The van der Waals surface area contributed by atoms with Gasteiger partial charge in [-0.25, -0.2) is 9.07 Å². The molecule has 0 saturated heterocycles. The van der Waals surface area contributed by atoms with Crippen molar-refractivity contribution in [3.05, 3.63) is 88.1 Å². The molecule has 2 heterocycles. The van der Waals surface area contributed by atoms with Gasteiger partial charge in [0.05, 0.1) is 28.6 Å². The highest BCUT2D eigenvalue weighted by atomic mass is 35.5. The molecule has 1 aromatic heterocycles. The molecule has 182 valence electrons. The van der Waals surface area contributed by atoms with Crippen LogP contribution in [0.4, 0.5) is 4.39 Å². The third-order valence-electron chi connectivity index (χ3n) is 5.35. The van der Waals surface area contributed by atoms with Crippen molar-refractivity contribution in [1.82, 2.24) is 20.4 Å². The molecule has 2 aromatic carbocycles. The second kappa shape index (κ2) is 10.5. The van der Waals surface area contributed by atoms with E-state index in [0.717, 1.165) is 0 Å². The molecule has 11 heteroatoms. The Morgan fingerprint density at radius 3 is 2.83 bits per heavy atom. The van der Waals surface area contributed by atoms with E-state index in [2.05, 4.69) is 22.3 Å². The molecule has 3 aromatic rings. The topological polar surface area (TPSA) is 105 Å². The van der Waals surface area contributed by atoms with Crippen LogP contribution >= 0.6 is 23.2 Å². The van der Waals surface area contributed by atoms with Crippen LogP contribution in [-0.2, 0) is 4.79 Å². The van der Waals surface area contributed by atoms with E-state index in [1.54, 1.807) is 24.3 Å². The zero-order valence-electron chi connectivity index (χ0n) is 18.3. The lowest BCUT2D eigenvalue weighted by Crippen LogP contribution is -2.41. The van der Waals surface area contributed by atoms with Crippen molar-refractivity contribution in [2.75, 3.05) is 6.54 Å². The van der Waals surface area contributed by atoms with Crippen LogP contribution in [0.3, 0.4) is 0 Å². The summed E-state index contributed by atoms with van der Waals surface area (Å²) in [5, 5.41) is 20.2. The Kier molecular flexibility index (Phi) is 7.39. The van der Waals surface area contributed by atoms with Crippen LogP contribution in [0, 0.1) is 5.82 Å². The summed E-state index contributed by atoms with van der Waals surface area (Å²) in [7, 11) is 0. The van der Waals surface area contributed by atoms with Crippen molar-refractivity contribution in [1.29, 1.82) is 0 Å². The molecule has 0 aliphatic carbocycles. The van der Waals surface area contributed by atoms with E-state index >= 15 is 0 Å². The molecule has 2 amide bonds. The molecule has 1 aliphatic rings. The lowest BCUT2D eigenvalue weighted by molar-refractivity contribution is -0.129. The van der Waals surface area contributed by atoms with Crippen molar-refractivity contribution in [3.8, 4) is 11.4 Å². The summed E-state index contributed by atoms with van der Waals surface area (Å²) < 4.78 is 20.7. The van der Waals surface area contributed by atoms with Gasteiger partial charge in [0.25, 0.3) is 11.8 Å². The molecule has 4 rings (SSSR count). The minimum absolute atomic E-state index is 0.00727. The molecule has 1 aliphatic heterocycles. The van der Waals surface area contributed by atoms with Crippen LogP contribution in [0.1, 0.15) is 34.9 Å². The van der Waals surface area contributed by atoms with Crippen LogP contribution in [0.5, 0.6) is 5.75 Å². The van der Waals surface area contributed by atoms with Gasteiger partial charge in [0.1, 0.15) is 11.6 Å². The van der Waals surface area contributed by atoms with Crippen molar-refractivity contribution in [2.24, 2.45) is 0 Å². The highest BCUT2D eigenvalue weighted by Crippen LogP contribution is 2.36. The number of hydrogen-bond donors (Lipinski definition) is 3. The smallest absolute Gasteiger partial charge is 0.265 e. The maximum Gasteiger partial charge on any atom is 0.265 e. The summed E-state index contributed by atoms with van der Waals surface area (Å²) in [6.45, 7) is 4.01. The fraction of sp³-hybridized carbons (Fsp3) is 0.208. The summed E-state index contributed by atoms with van der Waals surface area (Å²) in [6, 6.07) is 9.03. The van der Waals surface area contributed by atoms with Crippen LogP contribution < -0.4 is 15.4 Å². The second-order valence-electron chi connectivity index (χ2n) is 7.91. The fourth-order valence-electron chi connectivity index (χ4n) is 3.53. The van der Waals surface area contributed by atoms with Gasteiger partial charge in [-0.3, -0.25) is 9.59 Å². The standard InChI is InChI=1S/C24H21Cl2FN4O4/c1-13(30-24(34)22-10-20(32)17-8-15(25)2-5-21(17)35-22)6-7-28-23(33)14-11-29-31(12-14)16-3-4-18(26)19(27)9-16/h2-5,8-9,11-12,20,22,32H,1,6-7,10H2,(H,28,33)(H,30,34)/t20-,22-/m1/s1. The van der Waals surface area contributed by atoms with Crippen molar-refractivity contribution < 1.29 is 23.8 Å². The number of benzene rings is 2. The summed E-state index contributed by atoms with van der Waals surface area (Å²) in [5.74, 6) is -1.03. The van der Waals surface area contributed by atoms with Gasteiger partial charge in [0.2, 0.25) is 0 Å². The molecule has 3 N–H and O–H groups in total. The molecular weight excluding hydrogens is 498 g/mol. The number of aromatic nitrogens is 2. The zero-order chi connectivity index (χ0) is 25.1. The van der Waals surface area contributed by atoms with Crippen LogP contribution in [0.25, 0.3) is 5.69 Å². The number of fused-ring (bicyclic) bond motifs is 1. The predicted molar refractivity (Wildman–Crippen MR) is 128 cm³/mol. The third-order valence-corrected chi connectivity index (χ3v) is 5.90. The number of hydrogen-bond acceptors (Lipinski definition) is 5. The fourth-order valence-corrected chi connectivity index (χ4v) is 3.83. The number of carbonyl (C=O) groups excluding carboxylic acids is 2. The first-order chi connectivity index (χ1) is 16.7. The highest BCUT2D eigenvalue weighted by molar-refractivity contribution is 6.31. The first-order valence-corrected chi connectivity index (χ1v) is 11.4. The zero-order valence-corrected chi connectivity index (χ0v) is 19.8. The Labute approximate surface area is 210 Å². The number of aliphatic hydroxyl groups excluding tert-OH is 1. The highest BCUT2D eigenvalue weighted by Gasteiger charge is 2.32. The summed E-state index contributed by atoms with van der Waals surface area (Å²) in [5.41, 5.74) is 1.61. The largest absolute Gasteiger partial charge is 0.480 e. The van der Waals surface area contributed by atoms with E-state index in [-0.39, 0.29) is 35.9 Å². The van der Waals surface area contributed by atoms with E-state index in [0.29, 0.717) is 27.7 Å². The van der Waals surface area contributed by atoms with E-state index < -0.39 is 23.9 Å². The van der Waals surface area contributed by atoms with Gasteiger partial charge in [0.15, 0.2) is 6.10 Å². The number of nitrogens with zero attached hydrogens (tertiary/aromatic N) is 2. The predicted octanol–water partition coefficient (Wildman–Crippen LogP) is 3.95. The van der Waals surface area contributed by atoms with Gasteiger partial charge in [-0.15, -0.1) is 0 Å². The molecule has 0 fully saturated rings. The number of amides is 2. The lowest BCUT2D eigenvalue weighted by atomic mass is 9.98. The molecule has 2 atom stereocenters. The SMILES string of the molecule is C=C(CCNC(=O)c1cnn(-c2ccc(Cl)c(F)c2)c1)NC(=O)[C@H]1C[C@@H](O)c2cc(Cl)ccc2O1. The summed E-state index contributed by atoms with van der Waals surface area (Å²) >= 11 is 11.6. The lowest BCUT2D eigenvalue weighted by Gasteiger charge is -2.29. The summed E-state index contributed by atoms with van der Waals surface area (Å²) in [6.07, 6.45) is 1.39. The maximum atomic E-state index is 13.7. The second-order valence-corrected chi connectivity index (χ2v) is 8.75. The number of carbonyl (C=O) groups is 2. The van der Waals surface area contributed by atoms with Gasteiger partial charge in [-0.05, 0) is 30.3 Å². The average molecular weight is 519 g/mol. The third kappa shape index (κ3) is 5.82. The molecule has 0 bridgehead atoms. The Morgan fingerprint density at radius 2 is 2.06 bits per heavy atom. The molecule has 8 nitrogen and oxygen atoms in total. The van der Waals surface area contributed by atoms with Crippen LogP contribution in [0.15, 0.2) is 61.1 Å². The van der Waals surface area contributed by atoms with E-state index in [9.17, 15) is 19.1 Å². The maximum absolute atomic E-state index is 13.7. The Morgan fingerprint density at radius 1 is 1.26 bits per heavy atom. The number of halogens is 3. The quantitative estimate of drug-likeness (QED) is 0.439. The number of ether oxygens (including phenoxy) is 1. The number of aliphatic hydroxyl groups is 1. The van der Waals surface area contributed by atoms with E-state index in [4.69, 9.17) is 27.9 Å². The van der Waals surface area contributed by atoms with Gasteiger partial charge >= 0.3 is 0 Å². The first-order valence-electron chi connectivity index (χ1n) is 10.6. The minimum atomic E-state index is -0.895. The average Bonchev–Trinajstić information content (AvgIpc) is 3.31. The monoisotopic (exact) mass is 518 g/mol. The van der Waals surface area contributed by atoms with E-state index in [1.807, 2.05) is 0 Å². The Bertz CT molecular complexity index is 1300. The molecule has 0 spiro atoms. The molecular formula is C24H21Cl2FN4O4. The van der Waals surface area contributed by atoms with Crippen LogP contribution in [-0.4, -0.2) is 39.4 Å². The molecule has 0 unspecified atom stereocenters. The van der Waals surface area contributed by atoms with Crippen LogP contribution in [0.2, 0.25) is 10.0 Å². The van der Waals surface area contributed by atoms with Gasteiger partial charge in [0, 0.05) is 47.9 Å². The normalized spacial score (nSPS) is 16.7. The van der Waals surface area contributed by atoms with Gasteiger partial charge in [-0.2, -0.15) is 5.10 Å². The molecule has 0 saturated carbocycles. The van der Waals surface area contributed by atoms with Gasteiger partial charge in [-0.1, -0.05) is 29.8 Å². The Hall–Kier alpha value is -3.40. The van der Waals surface area contributed by atoms with Crippen molar-refractivity contribution >= 4 is 35.0 Å². The first kappa shape index (κ1) is 24.7. The van der Waals surface area contributed by atoms with E-state index in [1.165, 1.54) is 29.2 Å². The van der Waals surface area contributed by atoms with Gasteiger partial charge < -0.3 is 20.5 Å². The van der Waals surface area contributed by atoms with Crippen molar-refractivity contribution in [3.63, 3.8) is 0 Å². The van der Waals surface area contributed by atoms with Crippen molar-refractivity contribution in [2.45, 2.75) is 25.0 Å². The summed E-state index contributed by atoms with van der Waals surface area (Å²) in [4.78, 5) is 25.0. The molecule has 0 radical (unpaired) electrons. The molecule has 35 heavy (non-hydrogen) atoms. The number of rotatable bonds is 7.